The van der Waals surface area contributed by atoms with Crippen LogP contribution in [0.2, 0.25) is 0 Å². The molecule has 7 nitrogen and oxygen atoms in total. The highest BCUT2D eigenvalue weighted by Gasteiger charge is 2.24. The zero-order valence-electron chi connectivity index (χ0n) is 18.8. The van der Waals surface area contributed by atoms with Crippen LogP contribution in [0.4, 0.5) is 5.69 Å². The second kappa shape index (κ2) is 10.8. The molecule has 0 aliphatic heterocycles. The van der Waals surface area contributed by atoms with E-state index < -0.39 is 11.8 Å². The van der Waals surface area contributed by atoms with Crippen LogP contribution in [-0.4, -0.2) is 28.2 Å². The van der Waals surface area contributed by atoms with Gasteiger partial charge in [-0.3, -0.25) is 14.3 Å². The molecule has 2 rings (SSSR count). The normalized spacial score (nSPS) is 12.3. The highest BCUT2D eigenvalue weighted by molar-refractivity contribution is 6.39. The summed E-state index contributed by atoms with van der Waals surface area (Å²) < 4.78 is 7.68. The lowest BCUT2D eigenvalue weighted by molar-refractivity contribution is -0.136. The molecule has 7 heteroatoms. The number of para-hydroxylation sites is 1. The Labute approximate surface area is 179 Å². The van der Waals surface area contributed by atoms with Gasteiger partial charge in [-0.15, -0.1) is 0 Å². The van der Waals surface area contributed by atoms with Crippen LogP contribution in [-0.2, 0) is 9.59 Å². The summed E-state index contributed by atoms with van der Waals surface area (Å²) in [6.45, 7) is 12.9. The van der Waals surface area contributed by atoms with E-state index in [1.165, 1.54) is 6.20 Å². The lowest BCUT2D eigenvalue weighted by Crippen LogP contribution is -2.38. The van der Waals surface area contributed by atoms with Crippen LogP contribution in [0.3, 0.4) is 0 Å². The van der Waals surface area contributed by atoms with Crippen LogP contribution in [0.25, 0.3) is 0 Å². The molecular weight excluding hydrogens is 380 g/mol. The third-order valence-electron chi connectivity index (χ3n) is 4.47. The van der Waals surface area contributed by atoms with E-state index in [2.05, 4.69) is 43.4 Å². The Kier molecular flexibility index (Phi) is 8.45. The fourth-order valence-corrected chi connectivity index (χ4v) is 2.99. The van der Waals surface area contributed by atoms with Gasteiger partial charge in [0.25, 0.3) is 0 Å². The number of nitrogens with zero attached hydrogens (tertiary/aromatic N) is 2. The zero-order valence-corrected chi connectivity index (χ0v) is 18.8. The Hall–Kier alpha value is -2.83. The SMILES string of the molecule is CC(C)COc1ccccc1C(CC(C)C)NC(=O)C(=O)Nc1cnn(C(C)C)c1. The Morgan fingerprint density at radius 3 is 2.33 bits per heavy atom. The predicted molar refractivity (Wildman–Crippen MR) is 118 cm³/mol. The summed E-state index contributed by atoms with van der Waals surface area (Å²) in [7, 11) is 0. The minimum atomic E-state index is -0.715. The van der Waals surface area contributed by atoms with E-state index in [1.54, 1.807) is 10.9 Å². The lowest BCUT2D eigenvalue weighted by Gasteiger charge is -2.23. The first kappa shape index (κ1) is 23.4. The van der Waals surface area contributed by atoms with Crippen molar-refractivity contribution < 1.29 is 14.3 Å². The fraction of sp³-hybridized carbons (Fsp3) is 0.522. The third-order valence-corrected chi connectivity index (χ3v) is 4.47. The molecule has 1 aromatic heterocycles. The molecule has 0 spiro atoms. The van der Waals surface area contributed by atoms with Crippen molar-refractivity contribution in [3.8, 4) is 5.75 Å². The Morgan fingerprint density at radius 2 is 1.73 bits per heavy atom. The van der Waals surface area contributed by atoms with Crippen LogP contribution in [0, 0.1) is 11.8 Å². The van der Waals surface area contributed by atoms with E-state index in [9.17, 15) is 9.59 Å². The first-order valence-corrected chi connectivity index (χ1v) is 10.5. The van der Waals surface area contributed by atoms with Gasteiger partial charge in [0, 0.05) is 17.8 Å². The van der Waals surface area contributed by atoms with Crippen molar-refractivity contribution in [1.82, 2.24) is 15.1 Å². The number of benzene rings is 1. The number of aromatic nitrogens is 2. The highest BCUT2D eigenvalue weighted by Crippen LogP contribution is 2.30. The number of amides is 2. The second-order valence-electron chi connectivity index (χ2n) is 8.66. The van der Waals surface area contributed by atoms with Gasteiger partial charge in [0.1, 0.15) is 5.75 Å². The van der Waals surface area contributed by atoms with Gasteiger partial charge in [-0.1, -0.05) is 45.9 Å². The topological polar surface area (TPSA) is 85.2 Å². The van der Waals surface area contributed by atoms with Crippen LogP contribution in [0.5, 0.6) is 5.75 Å². The quantitative estimate of drug-likeness (QED) is 0.598. The number of hydrogen-bond donors (Lipinski definition) is 2. The highest BCUT2D eigenvalue weighted by atomic mass is 16.5. The maximum Gasteiger partial charge on any atom is 0.313 e. The summed E-state index contributed by atoms with van der Waals surface area (Å²) in [6.07, 6.45) is 3.93. The molecule has 2 amide bonds. The molecule has 30 heavy (non-hydrogen) atoms. The summed E-state index contributed by atoms with van der Waals surface area (Å²) in [5.74, 6) is 0.0366. The summed E-state index contributed by atoms with van der Waals surface area (Å²) in [4.78, 5) is 25.1. The number of hydrogen-bond acceptors (Lipinski definition) is 4. The van der Waals surface area contributed by atoms with Crippen molar-refractivity contribution in [2.75, 3.05) is 11.9 Å². The standard InChI is InChI=1S/C23H34N4O3/c1-15(2)11-20(19-9-7-8-10-21(19)30-14-16(3)4)26-23(29)22(28)25-18-12-24-27(13-18)17(5)6/h7-10,12-13,15-17,20H,11,14H2,1-6H3,(H,25,28)(H,26,29). The van der Waals surface area contributed by atoms with Crippen LogP contribution >= 0.6 is 0 Å². The van der Waals surface area contributed by atoms with Gasteiger partial charge in [-0.05, 0) is 38.2 Å². The number of anilines is 1. The van der Waals surface area contributed by atoms with Gasteiger partial charge >= 0.3 is 11.8 Å². The predicted octanol–water partition coefficient (Wildman–Crippen LogP) is 4.34. The van der Waals surface area contributed by atoms with Gasteiger partial charge in [0.2, 0.25) is 0 Å². The molecule has 1 aromatic carbocycles. The first-order valence-electron chi connectivity index (χ1n) is 10.5. The summed E-state index contributed by atoms with van der Waals surface area (Å²) in [6, 6.07) is 7.50. The molecule has 2 N–H and O–H groups in total. The van der Waals surface area contributed by atoms with Crippen molar-refractivity contribution in [3.05, 3.63) is 42.2 Å². The maximum atomic E-state index is 12.6. The summed E-state index contributed by atoms with van der Waals surface area (Å²) in [5.41, 5.74) is 1.37. The van der Waals surface area contributed by atoms with E-state index in [-0.39, 0.29) is 12.1 Å². The molecule has 0 saturated carbocycles. The molecule has 0 fully saturated rings. The number of carbonyl (C=O) groups is 2. The molecule has 2 aromatic rings. The van der Waals surface area contributed by atoms with Crippen molar-refractivity contribution in [2.24, 2.45) is 11.8 Å². The van der Waals surface area contributed by atoms with Crippen molar-refractivity contribution in [1.29, 1.82) is 0 Å². The molecule has 0 saturated heterocycles. The van der Waals surface area contributed by atoms with Crippen molar-refractivity contribution in [3.63, 3.8) is 0 Å². The molecular formula is C23H34N4O3. The minimum absolute atomic E-state index is 0.169. The maximum absolute atomic E-state index is 12.6. The fourth-order valence-electron chi connectivity index (χ4n) is 2.99. The zero-order chi connectivity index (χ0) is 22.3. The molecule has 1 unspecified atom stereocenters. The first-order chi connectivity index (χ1) is 14.2. The summed E-state index contributed by atoms with van der Waals surface area (Å²) in [5, 5.41) is 9.68. The lowest BCUT2D eigenvalue weighted by atomic mass is 9.96. The number of carbonyl (C=O) groups excluding carboxylic acids is 2. The monoisotopic (exact) mass is 414 g/mol. The van der Waals surface area contributed by atoms with Crippen molar-refractivity contribution >= 4 is 17.5 Å². The van der Waals surface area contributed by atoms with Crippen LogP contribution in [0.1, 0.15) is 65.6 Å². The minimum Gasteiger partial charge on any atom is -0.493 e. The third kappa shape index (κ3) is 6.90. The molecule has 0 aliphatic rings. The van der Waals surface area contributed by atoms with E-state index in [0.29, 0.717) is 30.6 Å². The number of rotatable bonds is 9. The van der Waals surface area contributed by atoms with Gasteiger partial charge in [-0.2, -0.15) is 5.10 Å². The van der Waals surface area contributed by atoms with Gasteiger partial charge in [0.05, 0.1) is 24.5 Å². The Balaban J connectivity index is 2.13. The van der Waals surface area contributed by atoms with E-state index in [0.717, 1.165) is 11.3 Å². The molecule has 1 heterocycles. The van der Waals surface area contributed by atoms with Crippen LogP contribution < -0.4 is 15.4 Å². The average Bonchev–Trinajstić information content (AvgIpc) is 3.14. The molecule has 164 valence electrons. The van der Waals surface area contributed by atoms with E-state index >= 15 is 0 Å². The Morgan fingerprint density at radius 1 is 1.03 bits per heavy atom. The average molecular weight is 415 g/mol. The van der Waals surface area contributed by atoms with Crippen LogP contribution in [0.15, 0.2) is 36.7 Å². The van der Waals surface area contributed by atoms with Crippen molar-refractivity contribution in [2.45, 2.75) is 60.0 Å². The molecule has 0 bridgehead atoms. The van der Waals surface area contributed by atoms with Gasteiger partial charge < -0.3 is 15.4 Å². The smallest absolute Gasteiger partial charge is 0.313 e. The number of ether oxygens (including phenoxy) is 1. The largest absolute Gasteiger partial charge is 0.493 e. The molecule has 0 radical (unpaired) electrons. The molecule has 1 atom stereocenters. The van der Waals surface area contributed by atoms with E-state index in [4.69, 9.17) is 4.74 Å². The Bertz CT molecular complexity index is 842. The summed E-state index contributed by atoms with van der Waals surface area (Å²) >= 11 is 0. The van der Waals surface area contributed by atoms with Gasteiger partial charge in [-0.25, -0.2) is 0 Å². The van der Waals surface area contributed by atoms with Gasteiger partial charge in [0.15, 0.2) is 0 Å². The second-order valence-corrected chi connectivity index (χ2v) is 8.66. The van der Waals surface area contributed by atoms with E-state index in [1.807, 2.05) is 38.1 Å². The molecule has 0 aliphatic carbocycles. The number of nitrogens with one attached hydrogen (secondary N) is 2.